The molecule has 1 aromatic carbocycles. The normalized spacial score (nSPS) is 11.8. The number of nitrogens with one attached hydrogen (secondary N) is 1. The van der Waals surface area contributed by atoms with E-state index >= 15 is 0 Å². The Labute approximate surface area is 153 Å². The lowest BCUT2D eigenvalue weighted by atomic mass is 9.99. The highest BCUT2D eigenvalue weighted by Gasteiger charge is 2.19. The molecule has 0 aliphatic heterocycles. The second kappa shape index (κ2) is 9.03. The van der Waals surface area contributed by atoms with Gasteiger partial charge in [-0.15, -0.1) is 0 Å². The zero-order valence-electron chi connectivity index (χ0n) is 15.4. The molecule has 26 heavy (non-hydrogen) atoms. The van der Waals surface area contributed by atoms with Crippen molar-refractivity contribution in [1.29, 1.82) is 0 Å². The third-order valence-corrected chi connectivity index (χ3v) is 4.01. The Hall–Kier alpha value is -2.83. The van der Waals surface area contributed by atoms with Crippen LogP contribution in [0.4, 0.5) is 0 Å². The molecule has 2 rings (SSSR count). The lowest BCUT2D eigenvalue weighted by Crippen LogP contribution is -2.36. The van der Waals surface area contributed by atoms with E-state index in [0.29, 0.717) is 13.0 Å². The number of nitrogens with zero attached hydrogens (tertiary/aromatic N) is 2. The average Bonchev–Trinajstić information content (AvgIpc) is 2.90. The predicted octanol–water partition coefficient (Wildman–Crippen LogP) is 1.96. The number of aryl methyl sites for hydroxylation is 2. The quantitative estimate of drug-likeness (QED) is 0.714. The van der Waals surface area contributed by atoms with Crippen LogP contribution in [-0.2, 0) is 22.6 Å². The number of aromatic nitrogens is 2. The Bertz CT molecular complexity index is 753. The van der Waals surface area contributed by atoms with Crippen LogP contribution in [-0.4, -0.2) is 39.9 Å². The van der Waals surface area contributed by atoms with E-state index in [2.05, 4.69) is 10.4 Å². The maximum absolute atomic E-state index is 12.1. The minimum Gasteiger partial charge on any atom is -0.494 e. The second-order valence-corrected chi connectivity index (χ2v) is 6.21. The van der Waals surface area contributed by atoms with Gasteiger partial charge in [-0.1, -0.05) is 12.1 Å². The molecule has 1 atom stereocenters. The van der Waals surface area contributed by atoms with Gasteiger partial charge in [-0.2, -0.15) is 5.10 Å². The van der Waals surface area contributed by atoms with Gasteiger partial charge in [-0.3, -0.25) is 14.3 Å². The number of carbonyl (C=O) groups excluding carboxylic acids is 1. The number of rotatable bonds is 9. The first-order valence-corrected chi connectivity index (χ1v) is 8.61. The highest BCUT2D eigenvalue weighted by molar-refractivity contribution is 5.77. The molecular weight excluding hydrogens is 334 g/mol. The third kappa shape index (κ3) is 5.61. The SMILES string of the molecule is CCOc1ccc(CC(CNC(=O)Cn2nc(C)cc2C)C(=O)O)cc1. The Morgan fingerprint density at radius 2 is 1.96 bits per heavy atom. The molecule has 0 spiro atoms. The molecule has 1 heterocycles. The number of ether oxygens (including phenoxy) is 1. The molecule has 1 amide bonds. The van der Waals surface area contributed by atoms with Gasteiger partial charge in [0.1, 0.15) is 12.3 Å². The van der Waals surface area contributed by atoms with Gasteiger partial charge in [0.25, 0.3) is 0 Å². The first-order valence-electron chi connectivity index (χ1n) is 8.61. The molecule has 7 heteroatoms. The number of benzene rings is 1. The minimum atomic E-state index is -0.940. The fourth-order valence-electron chi connectivity index (χ4n) is 2.68. The van der Waals surface area contributed by atoms with E-state index in [4.69, 9.17) is 4.74 Å². The van der Waals surface area contributed by atoms with Crippen molar-refractivity contribution in [3.05, 3.63) is 47.3 Å². The summed E-state index contributed by atoms with van der Waals surface area (Å²) in [6.45, 7) is 6.37. The molecule has 0 aliphatic rings. The number of carboxylic acid groups (broad SMARTS) is 1. The fraction of sp³-hybridized carbons (Fsp3) is 0.421. The largest absolute Gasteiger partial charge is 0.494 e. The number of hydrogen-bond donors (Lipinski definition) is 2. The van der Waals surface area contributed by atoms with Crippen molar-refractivity contribution in [1.82, 2.24) is 15.1 Å². The average molecular weight is 359 g/mol. The summed E-state index contributed by atoms with van der Waals surface area (Å²) >= 11 is 0. The lowest BCUT2D eigenvalue weighted by Gasteiger charge is -2.14. The minimum absolute atomic E-state index is 0.0701. The Morgan fingerprint density at radius 3 is 2.50 bits per heavy atom. The molecule has 2 N–H and O–H groups in total. The maximum atomic E-state index is 12.1. The van der Waals surface area contributed by atoms with Crippen molar-refractivity contribution >= 4 is 11.9 Å². The maximum Gasteiger partial charge on any atom is 0.308 e. The number of carboxylic acids is 1. The summed E-state index contributed by atoms with van der Waals surface area (Å²) in [4.78, 5) is 23.6. The van der Waals surface area contributed by atoms with Crippen LogP contribution in [0.1, 0.15) is 23.9 Å². The van der Waals surface area contributed by atoms with Gasteiger partial charge in [0.2, 0.25) is 5.91 Å². The van der Waals surface area contributed by atoms with E-state index in [-0.39, 0.29) is 19.0 Å². The van der Waals surface area contributed by atoms with Crippen LogP contribution in [0, 0.1) is 19.8 Å². The summed E-state index contributed by atoms with van der Waals surface area (Å²) in [5.41, 5.74) is 2.62. The zero-order chi connectivity index (χ0) is 19.1. The molecule has 140 valence electrons. The van der Waals surface area contributed by atoms with Gasteiger partial charge in [0.15, 0.2) is 0 Å². The predicted molar refractivity (Wildman–Crippen MR) is 97.2 cm³/mol. The van der Waals surface area contributed by atoms with Gasteiger partial charge in [0.05, 0.1) is 18.2 Å². The van der Waals surface area contributed by atoms with Crippen LogP contribution in [0.25, 0.3) is 0 Å². The summed E-state index contributed by atoms with van der Waals surface area (Å²) < 4.78 is 6.98. The Kier molecular flexibility index (Phi) is 6.77. The zero-order valence-corrected chi connectivity index (χ0v) is 15.4. The number of carbonyl (C=O) groups is 2. The molecule has 0 aliphatic carbocycles. The van der Waals surface area contributed by atoms with Crippen LogP contribution in [0.5, 0.6) is 5.75 Å². The Morgan fingerprint density at radius 1 is 1.27 bits per heavy atom. The van der Waals surface area contributed by atoms with Gasteiger partial charge < -0.3 is 15.2 Å². The molecular formula is C19H25N3O4. The molecule has 0 fully saturated rings. The van der Waals surface area contributed by atoms with Gasteiger partial charge in [-0.25, -0.2) is 0 Å². The number of amides is 1. The van der Waals surface area contributed by atoms with Gasteiger partial charge in [0, 0.05) is 12.2 Å². The molecule has 0 bridgehead atoms. The summed E-state index contributed by atoms with van der Waals surface area (Å²) in [5, 5.41) is 16.4. The van der Waals surface area contributed by atoms with Crippen molar-refractivity contribution < 1.29 is 19.4 Å². The van der Waals surface area contributed by atoms with Crippen molar-refractivity contribution in [2.45, 2.75) is 33.7 Å². The second-order valence-electron chi connectivity index (χ2n) is 6.21. The van der Waals surface area contributed by atoms with E-state index in [0.717, 1.165) is 22.7 Å². The van der Waals surface area contributed by atoms with Crippen molar-refractivity contribution in [3.63, 3.8) is 0 Å². The van der Waals surface area contributed by atoms with Crippen molar-refractivity contribution in [2.24, 2.45) is 5.92 Å². The van der Waals surface area contributed by atoms with E-state index in [1.165, 1.54) is 0 Å². The van der Waals surface area contributed by atoms with Crippen LogP contribution in [0.3, 0.4) is 0 Å². The van der Waals surface area contributed by atoms with E-state index in [1.807, 2.05) is 51.1 Å². The topological polar surface area (TPSA) is 93.5 Å². The molecule has 0 saturated heterocycles. The molecule has 0 radical (unpaired) electrons. The monoisotopic (exact) mass is 359 g/mol. The third-order valence-electron chi connectivity index (χ3n) is 4.01. The van der Waals surface area contributed by atoms with Crippen molar-refractivity contribution in [3.8, 4) is 5.75 Å². The summed E-state index contributed by atoms with van der Waals surface area (Å²) in [7, 11) is 0. The highest BCUT2D eigenvalue weighted by Crippen LogP contribution is 2.15. The van der Waals surface area contributed by atoms with Gasteiger partial charge in [-0.05, 0) is 51.0 Å². The van der Waals surface area contributed by atoms with Crippen LogP contribution < -0.4 is 10.1 Å². The summed E-state index contributed by atoms with van der Waals surface area (Å²) in [6, 6.07) is 9.22. The first kappa shape index (κ1) is 19.5. The lowest BCUT2D eigenvalue weighted by molar-refractivity contribution is -0.141. The standard InChI is InChI=1S/C19H25N3O4/c1-4-26-17-7-5-15(6-8-17)10-16(19(24)25)11-20-18(23)12-22-14(3)9-13(2)21-22/h5-9,16H,4,10-12H2,1-3H3,(H,20,23)(H,24,25). The molecule has 1 aromatic heterocycles. The van der Waals surface area contributed by atoms with Crippen molar-refractivity contribution in [2.75, 3.05) is 13.2 Å². The molecule has 7 nitrogen and oxygen atoms in total. The van der Waals surface area contributed by atoms with Gasteiger partial charge >= 0.3 is 5.97 Å². The molecule has 0 saturated carbocycles. The highest BCUT2D eigenvalue weighted by atomic mass is 16.5. The molecule has 1 unspecified atom stereocenters. The number of aliphatic carboxylic acids is 1. The van der Waals surface area contributed by atoms with E-state index in [9.17, 15) is 14.7 Å². The van der Waals surface area contributed by atoms with Crippen LogP contribution in [0.2, 0.25) is 0 Å². The Balaban J connectivity index is 1.90. The summed E-state index contributed by atoms with van der Waals surface area (Å²) in [6.07, 6.45) is 0.335. The first-order chi connectivity index (χ1) is 12.4. The smallest absolute Gasteiger partial charge is 0.308 e. The molecule has 2 aromatic rings. The van der Waals surface area contributed by atoms with Crippen LogP contribution in [0.15, 0.2) is 30.3 Å². The number of hydrogen-bond acceptors (Lipinski definition) is 4. The fourth-order valence-corrected chi connectivity index (χ4v) is 2.68. The van der Waals surface area contributed by atoms with Crippen LogP contribution >= 0.6 is 0 Å². The van der Waals surface area contributed by atoms with E-state index in [1.54, 1.807) is 4.68 Å². The van der Waals surface area contributed by atoms with E-state index < -0.39 is 11.9 Å². The summed E-state index contributed by atoms with van der Waals surface area (Å²) in [5.74, 6) is -1.14.